The third-order valence-corrected chi connectivity index (χ3v) is 5.00. The lowest BCUT2D eigenvalue weighted by Crippen LogP contribution is -2.48. The molecule has 0 radical (unpaired) electrons. The summed E-state index contributed by atoms with van der Waals surface area (Å²) in [5, 5.41) is 7.61. The van der Waals surface area contributed by atoms with E-state index in [1.54, 1.807) is 71.7 Å². The van der Waals surface area contributed by atoms with Crippen LogP contribution >= 0.6 is 0 Å². The van der Waals surface area contributed by atoms with Gasteiger partial charge in [-0.05, 0) is 42.3 Å². The molecule has 146 valence electrons. The van der Waals surface area contributed by atoms with Crippen LogP contribution in [-0.4, -0.2) is 32.6 Å². The van der Waals surface area contributed by atoms with Gasteiger partial charge in [-0.1, -0.05) is 37.3 Å². The molecular formula is C21H19N5O3. The number of carbonyl (C=O) groups excluding carboxylic acids is 3. The van der Waals surface area contributed by atoms with Gasteiger partial charge < -0.3 is 5.32 Å². The molecule has 1 saturated heterocycles. The van der Waals surface area contributed by atoms with E-state index in [0.717, 1.165) is 10.7 Å². The van der Waals surface area contributed by atoms with Crippen molar-refractivity contribution in [3.8, 4) is 5.69 Å². The van der Waals surface area contributed by atoms with Crippen molar-refractivity contribution in [3.05, 3.63) is 84.2 Å². The number of rotatable bonds is 5. The molecule has 2 aromatic carbocycles. The Morgan fingerprint density at radius 3 is 2.41 bits per heavy atom. The summed E-state index contributed by atoms with van der Waals surface area (Å²) in [6.45, 7) is 1.81. The maximum absolute atomic E-state index is 13.1. The molecule has 0 spiro atoms. The van der Waals surface area contributed by atoms with Crippen molar-refractivity contribution in [2.75, 3.05) is 0 Å². The molecular weight excluding hydrogens is 370 g/mol. The average molecular weight is 389 g/mol. The lowest BCUT2D eigenvalue weighted by atomic mass is 9.87. The number of imide groups is 1. The van der Waals surface area contributed by atoms with E-state index in [2.05, 4.69) is 15.8 Å². The first-order valence-corrected chi connectivity index (χ1v) is 9.18. The maximum Gasteiger partial charge on any atom is 0.344 e. The van der Waals surface area contributed by atoms with Crippen molar-refractivity contribution in [2.24, 2.45) is 0 Å². The van der Waals surface area contributed by atoms with Gasteiger partial charge in [-0.15, -0.1) is 0 Å². The SMILES string of the molecule is CC[C@@]1(c2ccccc2)NC(=O)N(NC(=O)c2ccc(-n3cccn3)cc2)C1=O. The van der Waals surface area contributed by atoms with Crippen LogP contribution in [0, 0.1) is 0 Å². The normalized spacial score (nSPS) is 18.6. The minimum absolute atomic E-state index is 0.315. The Morgan fingerprint density at radius 1 is 1.07 bits per heavy atom. The second-order valence-corrected chi connectivity index (χ2v) is 6.63. The zero-order valence-corrected chi connectivity index (χ0v) is 15.7. The van der Waals surface area contributed by atoms with E-state index in [-0.39, 0.29) is 0 Å². The molecule has 1 aliphatic heterocycles. The van der Waals surface area contributed by atoms with Gasteiger partial charge in [0.15, 0.2) is 0 Å². The van der Waals surface area contributed by atoms with Gasteiger partial charge in [-0.2, -0.15) is 10.1 Å². The number of aromatic nitrogens is 2. The van der Waals surface area contributed by atoms with Crippen LogP contribution in [0.5, 0.6) is 0 Å². The van der Waals surface area contributed by atoms with Crippen molar-refractivity contribution in [3.63, 3.8) is 0 Å². The molecule has 0 aliphatic carbocycles. The number of hydrogen-bond donors (Lipinski definition) is 2. The van der Waals surface area contributed by atoms with Gasteiger partial charge >= 0.3 is 6.03 Å². The molecule has 29 heavy (non-hydrogen) atoms. The van der Waals surface area contributed by atoms with Crippen LogP contribution < -0.4 is 10.7 Å². The van der Waals surface area contributed by atoms with Crippen molar-refractivity contribution < 1.29 is 14.4 Å². The number of hydrazine groups is 1. The summed E-state index contributed by atoms with van der Waals surface area (Å²) in [6, 6.07) is 16.8. The highest BCUT2D eigenvalue weighted by atomic mass is 16.2. The first kappa shape index (κ1) is 18.4. The molecule has 1 aromatic heterocycles. The third kappa shape index (κ3) is 3.14. The quantitative estimate of drug-likeness (QED) is 0.655. The molecule has 8 nitrogen and oxygen atoms in total. The second kappa shape index (κ2) is 7.23. The zero-order chi connectivity index (χ0) is 20.4. The highest BCUT2D eigenvalue weighted by Crippen LogP contribution is 2.31. The molecule has 2 N–H and O–H groups in total. The molecule has 8 heteroatoms. The summed E-state index contributed by atoms with van der Waals surface area (Å²) in [5.41, 5.74) is 2.99. The fourth-order valence-corrected chi connectivity index (χ4v) is 3.39. The molecule has 0 saturated carbocycles. The van der Waals surface area contributed by atoms with Gasteiger partial charge in [-0.25, -0.2) is 9.48 Å². The van der Waals surface area contributed by atoms with Crippen LogP contribution in [0.15, 0.2) is 73.1 Å². The van der Waals surface area contributed by atoms with Crippen LogP contribution in [-0.2, 0) is 10.3 Å². The summed E-state index contributed by atoms with van der Waals surface area (Å²) in [7, 11) is 0. The highest BCUT2D eigenvalue weighted by molar-refractivity contribution is 6.09. The van der Waals surface area contributed by atoms with Gasteiger partial charge in [0.05, 0.1) is 5.69 Å². The van der Waals surface area contributed by atoms with Gasteiger partial charge in [0.1, 0.15) is 5.54 Å². The van der Waals surface area contributed by atoms with E-state index in [9.17, 15) is 14.4 Å². The molecule has 4 rings (SSSR count). The summed E-state index contributed by atoms with van der Waals surface area (Å²) in [5.74, 6) is -1.07. The summed E-state index contributed by atoms with van der Waals surface area (Å²) < 4.78 is 1.66. The predicted molar refractivity (Wildman–Crippen MR) is 105 cm³/mol. The highest BCUT2D eigenvalue weighted by Gasteiger charge is 2.52. The van der Waals surface area contributed by atoms with Crippen LogP contribution in [0.4, 0.5) is 4.79 Å². The number of benzene rings is 2. The summed E-state index contributed by atoms with van der Waals surface area (Å²) >= 11 is 0. The molecule has 0 unspecified atom stereocenters. The molecule has 1 aliphatic rings. The van der Waals surface area contributed by atoms with Gasteiger partial charge in [0.25, 0.3) is 11.8 Å². The van der Waals surface area contributed by atoms with Crippen LogP contribution in [0.3, 0.4) is 0 Å². The molecule has 0 bridgehead atoms. The molecule has 1 fully saturated rings. The predicted octanol–water partition coefficient (Wildman–Crippen LogP) is 2.37. The monoisotopic (exact) mass is 389 g/mol. The Kier molecular flexibility index (Phi) is 4.59. The van der Waals surface area contributed by atoms with E-state index in [1.165, 1.54) is 0 Å². The lowest BCUT2D eigenvalue weighted by Gasteiger charge is -2.25. The van der Waals surface area contributed by atoms with Gasteiger partial charge in [0.2, 0.25) is 0 Å². The van der Waals surface area contributed by atoms with Crippen molar-refractivity contribution >= 4 is 17.8 Å². The molecule has 1 atom stereocenters. The van der Waals surface area contributed by atoms with Gasteiger partial charge in [-0.3, -0.25) is 15.0 Å². The summed E-state index contributed by atoms with van der Waals surface area (Å²) in [6.07, 6.45) is 3.80. The number of carbonyl (C=O) groups is 3. The zero-order valence-electron chi connectivity index (χ0n) is 15.7. The fourth-order valence-electron chi connectivity index (χ4n) is 3.39. The number of nitrogens with one attached hydrogen (secondary N) is 2. The Hall–Kier alpha value is -3.94. The first-order valence-electron chi connectivity index (χ1n) is 9.18. The van der Waals surface area contributed by atoms with Crippen molar-refractivity contribution in [2.45, 2.75) is 18.9 Å². The Balaban J connectivity index is 1.54. The maximum atomic E-state index is 13.1. The second-order valence-electron chi connectivity index (χ2n) is 6.63. The van der Waals surface area contributed by atoms with E-state index in [1.807, 2.05) is 13.0 Å². The van der Waals surface area contributed by atoms with Crippen LogP contribution in [0.25, 0.3) is 5.69 Å². The number of hydrogen-bond acceptors (Lipinski definition) is 4. The van der Waals surface area contributed by atoms with Gasteiger partial charge in [0, 0.05) is 18.0 Å². The number of amides is 4. The standard InChI is InChI=1S/C21H19N5O3/c1-2-21(16-7-4-3-5-8-16)19(28)26(20(29)23-21)24-18(27)15-9-11-17(12-10-15)25-14-6-13-22-25/h3-14H,2H2,1H3,(H,23,29)(H,24,27)/t21-/m0/s1. The molecule has 4 amide bonds. The minimum atomic E-state index is -1.20. The van der Waals surface area contributed by atoms with Crippen LogP contribution in [0.1, 0.15) is 29.3 Å². The third-order valence-electron chi connectivity index (χ3n) is 5.00. The summed E-state index contributed by atoms with van der Waals surface area (Å²) in [4.78, 5) is 38.2. The number of nitrogens with zero attached hydrogens (tertiary/aromatic N) is 3. The fraction of sp³-hybridized carbons (Fsp3) is 0.143. The number of urea groups is 1. The largest absolute Gasteiger partial charge is 0.344 e. The van der Waals surface area contributed by atoms with Crippen molar-refractivity contribution in [1.29, 1.82) is 0 Å². The smallest absolute Gasteiger partial charge is 0.318 e. The Labute approximate surface area is 167 Å². The topological polar surface area (TPSA) is 96.3 Å². The Bertz CT molecular complexity index is 1050. The average Bonchev–Trinajstić information content (AvgIpc) is 3.38. The minimum Gasteiger partial charge on any atom is -0.318 e. The van der Waals surface area contributed by atoms with Crippen LogP contribution in [0.2, 0.25) is 0 Å². The Morgan fingerprint density at radius 2 is 1.79 bits per heavy atom. The van der Waals surface area contributed by atoms with E-state index < -0.39 is 23.4 Å². The molecule has 3 aromatic rings. The van der Waals surface area contributed by atoms with Crippen molar-refractivity contribution in [1.82, 2.24) is 25.5 Å². The van der Waals surface area contributed by atoms with E-state index >= 15 is 0 Å². The lowest BCUT2D eigenvalue weighted by molar-refractivity contribution is -0.133. The van der Waals surface area contributed by atoms with E-state index in [4.69, 9.17) is 0 Å². The first-order chi connectivity index (χ1) is 14.0. The van der Waals surface area contributed by atoms with E-state index in [0.29, 0.717) is 17.5 Å². The molecule has 2 heterocycles.